The Morgan fingerprint density at radius 3 is 2.77 bits per heavy atom. The van der Waals surface area contributed by atoms with Crippen molar-refractivity contribution in [1.29, 1.82) is 0 Å². The average molecular weight is 355 g/mol. The van der Waals surface area contributed by atoms with Crippen LogP contribution in [-0.2, 0) is 7.05 Å². The summed E-state index contributed by atoms with van der Waals surface area (Å²) in [4.78, 5) is 17.4. The number of halogens is 2. The monoisotopic (exact) mass is 354 g/mol. The Bertz CT molecular complexity index is 919. The molecule has 2 heterocycles. The third-order valence-electron chi connectivity index (χ3n) is 3.21. The first kappa shape index (κ1) is 15.3. The number of fused-ring (bicyclic) bond motifs is 1. The van der Waals surface area contributed by atoms with Gasteiger partial charge in [-0.1, -0.05) is 23.2 Å². The fourth-order valence-corrected chi connectivity index (χ4v) is 3.21. The Kier molecular flexibility index (Phi) is 4.08. The molecular formula is C14H12Cl2N4OS. The lowest BCUT2D eigenvalue weighted by molar-refractivity contribution is 0.748. The third-order valence-corrected chi connectivity index (χ3v) is 4.42. The molecule has 0 aliphatic heterocycles. The fraction of sp³-hybridized carbons (Fsp3) is 0.143. The molecule has 2 aromatic heterocycles. The highest BCUT2D eigenvalue weighted by Crippen LogP contribution is 2.32. The highest BCUT2D eigenvalue weighted by atomic mass is 35.5. The number of nitrogens with zero attached hydrogens (tertiary/aromatic N) is 2. The van der Waals surface area contributed by atoms with Gasteiger partial charge in [0.2, 0.25) is 0 Å². The second-order valence-electron chi connectivity index (χ2n) is 4.66. The van der Waals surface area contributed by atoms with Crippen molar-refractivity contribution in [3.63, 3.8) is 0 Å². The minimum atomic E-state index is -0.165. The molecule has 0 radical (unpaired) electrons. The molecule has 5 nitrogen and oxygen atoms in total. The Balaban J connectivity index is 2.17. The number of hydrogen-bond acceptors (Lipinski definition) is 4. The van der Waals surface area contributed by atoms with E-state index in [1.165, 1.54) is 4.68 Å². The summed E-state index contributed by atoms with van der Waals surface area (Å²) < 4.78 is 1.37. The van der Waals surface area contributed by atoms with Gasteiger partial charge < -0.3 is 5.32 Å². The van der Waals surface area contributed by atoms with Crippen molar-refractivity contribution in [3.8, 4) is 0 Å². The van der Waals surface area contributed by atoms with Gasteiger partial charge in [0, 0.05) is 17.0 Å². The van der Waals surface area contributed by atoms with Crippen molar-refractivity contribution in [3.05, 3.63) is 44.8 Å². The number of rotatable bonds is 3. The van der Waals surface area contributed by atoms with Crippen LogP contribution in [0.1, 0.15) is 0 Å². The molecule has 1 aromatic carbocycles. The van der Waals surface area contributed by atoms with Crippen LogP contribution >= 0.6 is 35.0 Å². The molecule has 0 unspecified atom stereocenters. The summed E-state index contributed by atoms with van der Waals surface area (Å²) >= 11 is 13.6. The molecule has 0 fully saturated rings. The summed E-state index contributed by atoms with van der Waals surface area (Å²) in [6, 6.07) is 7.16. The lowest BCUT2D eigenvalue weighted by Gasteiger charge is -2.11. The first-order valence-electron chi connectivity index (χ1n) is 6.35. The zero-order valence-corrected chi connectivity index (χ0v) is 14.1. The highest BCUT2D eigenvalue weighted by molar-refractivity contribution is 7.98. The van der Waals surface area contributed by atoms with Crippen LogP contribution in [0.2, 0.25) is 10.2 Å². The molecule has 3 rings (SSSR count). The fourth-order valence-electron chi connectivity index (χ4n) is 2.20. The van der Waals surface area contributed by atoms with E-state index in [9.17, 15) is 4.79 Å². The van der Waals surface area contributed by atoms with Gasteiger partial charge >= 0.3 is 0 Å². The van der Waals surface area contributed by atoms with E-state index in [2.05, 4.69) is 15.4 Å². The van der Waals surface area contributed by atoms with Crippen LogP contribution < -0.4 is 10.9 Å². The molecule has 0 amide bonds. The maximum atomic E-state index is 12.2. The molecule has 0 saturated carbocycles. The number of aromatic amines is 1. The number of benzene rings is 1. The quantitative estimate of drug-likeness (QED) is 0.550. The van der Waals surface area contributed by atoms with E-state index in [4.69, 9.17) is 23.2 Å². The molecule has 3 aromatic rings. The number of H-pyrrole nitrogens is 1. The molecule has 0 spiro atoms. The van der Waals surface area contributed by atoms with Crippen molar-refractivity contribution in [2.75, 3.05) is 11.6 Å². The summed E-state index contributed by atoms with van der Waals surface area (Å²) in [5, 5.41) is 7.55. The molecular weight excluding hydrogens is 343 g/mol. The van der Waals surface area contributed by atoms with Crippen LogP contribution in [0.3, 0.4) is 0 Å². The van der Waals surface area contributed by atoms with Crippen molar-refractivity contribution in [1.82, 2.24) is 14.8 Å². The van der Waals surface area contributed by atoms with Gasteiger partial charge in [-0.15, -0.1) is 11.8 Å². The van der Waals surface area contributed by atoms with E-state index >= 15 is 0 Å². The number of aromatic nitrogens is 3. The normalized spacial score (nSPS) is 11.1. The van der Waals surface area contributed by atoms with Crippen LogP contribution in [0.5, 0.6) is 0 Å². The molecule has 0 atom stereocenters. The number of anilines is 2. The van der Waals surface area contributed by atoms with E-state index in [-0.39, 0.29) is 5.56 Å². The third kappa shape index (κ3) is 2.69. The van der Waals surface area contributed by atoms with Crippen LogP contribution in [0, 0.1) is 0 Å². The number of nitrogens with one attached hydrogen (secondary N) is 2. The summed E-state index contributed by atoms with van der Waals surface area (Å²) in [6.45, 7) is 0. The number of pyridine rings is 1. The van der Waals surface area contributed by atoms with E-state index in [0.717, 1.165) is 10.6 Å². The molecule has 0 bridgehead atoms. The maximum Gasteiger partial charge on any atom is 0.277 e. The Labute approximate surface area is 140 Å². The number of aryl methyl sites for hydroxylation is 1. The van der Waals surface area contributed by atoms with Gasteiger partial charge in [0.05, 0.1) is 11.4 Å². The minimum Gasteiger partial charge on any atom is -0.354 e. The molecule has 114 valence electrons. The van der Waals surface area contributed by atoms with Crippen molar-refractivity contribution in [2.45, 2.75) is 4.90 Å². The van der Waals surface area contributed by atoms with Crippen LogP contribution in [0.25, 0.3) is 11.0 Å². The lowest BCUT2D eigenvalue weighted by Crippen LogP contribution is -2.12. The van der Waals surface area contributed by atoms with Gasteiger partial charge in [-0.05, 0) is 30.5 Å². The zero-order chi connectivity index (χ0) is 15.9. The predicted molar refractivity (Wildman–Crippen MR) is 92.9 cm³/mol. The lowest BCUT2D eigenvalue weighted by atomic mass is 10.2. The highest BCUT2D eigenvalue weighted by Gasteiger charge is 2.14. The largest absolute Gasteiger partial charge is 0.354 e. The van der Waals surface area contributed by atoms with Crippen molar-refractivity contribution < 1.29 is 0 Å². The average Bonchev–Trinajstić information content (AvgIpc) is 2.75. The van der Waals surface area contributed by atoms with E-state index in [1.807, 2.05) is 18.4 Å². The Morgan fingerprint density at radius 2 is 2.05 bits per heavy atom. The maximum absolute atomic E-state index is 12.2. The Hall–Kier alpha value is -1.63. The summed E-state index contributed by atoms with van der Waals surface area (Å²) in [7, 11) is 1.64. The minimum absolute atomic E-state index is 0.165. The standard InChI is InChI=1S/C14H12Cl2N4OS/c1-20-14(21)12-9(6-11(16)18-13(12)19-20)17-8-4-3-7(15)5-10(8)22-2/h3-6H,1-2H3,(H2,17,18,19). The van der Waals surface area contributed by atoms with Crippen LogP contribution in [-0.4, -0.2) is 21.0 Å². The molecule has 0 aliphatic carbocycles. The van der Waals surface area contributed by atoms with Crippen LogP contribution in [0.15, 0.2) is 34.0 Å². The molecule has 2 N–H and O–H groups in total. The van der Waals surface area contributed by atoms with Crippen molar-refractivity contribution >= 4 is 57.4 Å². The smallest absolute Gasteiger partial charge is 0.277 e. The van der Waals surface area contributed by atoms with Crippen LogP contribution in [0.4, 0.5) is 11.4 Å². The summed E-state index contributed by atoms with van der Waals surface area (Å²) in [5.74, 6) is 0. The molecule has 0 aliphatic rings. The van der Waals surface area contributed by atoms with Gasteiger partial charge in [-0.2, -0.15) is 0 Å². The van der Waals surface area contributed by atoms with E-state index in [0.29, 0.717) is 26.9 Å². The van der Waals surface area contributed by atoms with Gasteiger partial charge in [-0.25, -0.2) is 4.98 Å². The van der Waals surface area contributed by atoms with Crippen molar-refractivity contribution in [2.24, 2.45) is 7.05 Å². The first-order chi connectivity index (χ1) is 10.5. The molecule has 0 saturated heterocycles. The second kappa shape index (κ2) is 5.87. The van der Waals surface area contributed by atoms with E-state index in [1.54, 1.807) is 30.9 Å². The molecule has 8 heteroatoms. The SMILES string of the molecule is CSc1cc(Cl)ccc1Nc1cc(Cl)nc2[nH]n(C)c(=O)c12. The van der Waals surface area contributed by atoms with Gasteiger partial charge in [0.1, 0.15) is 10.5 Å². The van der Waals surface area contributed by atoms with Gasteiger partial charge in [0.15, 0.2) is 5.65 Å². The number of hydrogen-bond donors (Lipinski definition) is 2. The summed E-state index contributed by atoms with van der Waals surface area (Å²) in [6.07, 6.45) is 1.96. The van der Waals surface area contributed by atoms with Gasteiger partial charge in [-0.3, -0.25) is 14.6 Å². The van der Waals surface area contributed by atoms with Gasteiger partial charge in [0.25, 0.3) is 5.56 Å². The van der Waals surface area contributed by atoms with E-state index < -0.39 is 0 Å². The Morgan fingerprint density at radius 1 is 1.27 bits per heavy atom. The summed E-state index contributed by atoms with van der Waals surface area (Å²) in [5.41, 5.74) is 1.74. The number of thioether (sulfide) groups is 1. The predicted octanol–water partition coefficient (Wildman–Crippen LogP) is 4.03. The first-order valence-corrected chi connectivity index (χ1v) is 8.33. The topological polar surface area (TPSA) is 62.7 Å². The zero-order valence-electron chi connectivity index (χ0n) is 11.8. The molecule has 22 heavy (non-hydrogen) atoms. The second-order valence-corrected chi connectivity index (χ2v) is 6.33.